The van der Waals surface area contributed by atoms with Gasteiger partial charge < -0.3 is 0 Å². The minimum atomic E-state index is 0.798. The lowest BCUT2D eigenvalue weighted by Gasteiger charge is -1.86. The maximum Gasteiger partial charge on any atom is 0.110 e. The monoisotopic (exact) mass is 215 g/mol. The van der Waals surface area contributed by atoms with E-state index < -0.39 is 0 Å². The maximum atomic E-state index is 8.52. The van der Waals surface area contributed by atoms with Crippen molar-refractivity contribution in [1.29, 1.82) is 5.26 Å². The SMILES string of the molecule is Cc1cc(C#N)sc1CBr. The lowest BCUT2D eigenvalue weighted by Crippen LogP contribution is -1.69. The lowest BCUT2D eigenvalue weighted by molar-refractivity contribution is 1.42. The fraction of sp³-hybridized carbons (Fsp3) is 0.286. The number of nitrogens with zero attached hydrogens (tertiary/aromatic N) is 1. The summed E-state index contributed by atoms with van der Waals surface area (Å²) in [5, 5.41) is 9.37. The van der Waals surface area contributed by atoms with Crippen molar-refractivity contribution in [3.63, 3.8) is 0 Å². The molecule has 0 saturated heterocycles. The van der Waals surface area contributed by atoms with E-state index in [0.717, 1.165) is 10.2 Å². The Balaban J connectivity index is 3.07. The molecule has 10 heavy (non-hydrogen) atoms. The van der Waals surface area contributed by atoms with Crippen LogP contribution in [0.5, 0.6) is 0 Å². The molecular formula is C7H6BrNS. The van der Waals surface area contributed by atoms with Gasteiger partial charge in [-0.3, -0.25) is 0 Å². The molecule has 0 aromatic carbocycles. The fourth-order valence-electron chi connectivity index (χ4n) is 0.708. The summed E-state index contributed by atoms with van der Waals surface area (Å²) in [6.45, 7) is 2.02. The molecule has 1 heterocycles. The van der Waals surface area contributed by atoms with E-state index in [1.54, 1.807) is 11.3 Å². The summed E-state index contributed by atoms with van der Waals surface area (Å²) < 4.78 is 0. The van der Waals surface area contributed by atoms with Crippen molar-refractivity contribution >= 4 is 27.3 Å². The van der Waals surface area contributed by atoms with Crippen LogP contribution >= 0.6 is 27.3 Å². The van der Waals surface area contributed by atoms with Gasteiger partial charge in [0.1, 0.15) is 10.9 Å². The molecule has 1 aromatic heterocycles. The summed E-state index contributed by atoms with van der Waals surface area (Å²) in [6, 6.07) is 4.04. The van der Waals surface area contributed by atoms with Crippen LogP contribution in [0.15, 0.2) is 6.07 Å². The predicted molar refractivity (Wildman–Crippen MR) is 46.4 cm³/mol. The molecule has 1 aromatic rings. The first-order valence-electron chi connectivity index (χ1n) is 2.83. The van der Waals surface area contributed by atoms with E-state index in [2.05, 4.69) is 22.0 Å². The third-order valence-electron chi connectivity index (χ3n) is 1.25. The number of nitriles is 1. The number of halogens is 1. The zero-order valence-corrected chi connectivity index (χ0v) is 7.92. The van der Waals surface area contributed by atoms with Crippen molar-refractivity contribution in [1.82, 2.24) is 0 Å². The quantitative estimate of drug-likeness (QED) is 0.662. The highest BCUT2D eigenvalue weighted by Crippen LogP contribution is 2.22. The third-order valence-corrected chi connectivity index (χ3v) is 3.33. The molecule has 0 aliphatic carbocycles. The summed E-state index contributed by atoms with van der Waals surface area (Å²) in [5.74, 6) is 0. The van der Waals surface area contributed by atoms with E-state index in [1.807, 2.05) is 13.0 Å². The fourth-order valence-corrected chi connectivity index (χ4v) is 2.31. The number of alkyl halides is 1. The van der Waals surface area contributed by atoms with Crippen molar-refractivity contribution in [2.45, 2.75) is 12.3 Å². The van der Waals surface area contributed by atoms with Gasteiger partial charge in [-0.25, -0.2) is 0 Å². The predicted octanol–water partition coefficient (Wildman–Crippen LogP) is 2.82. The molecule has 0 aliphatic heterocycles. The molecule has 0 spiro atoms. The van der Waals surface area contributed by atoms with Gasteiger partial charge >= 0.3 is 0 Å². The number of aryl methyl sites for hydroxylation is 1. The van der Waals surface area contributed by atoms with E-state index in [1.165, 1.54) is 10.4 Å². The highest BCUT2D eigenvalue weighted by molar-refractivity contribution is 9.08. The Hall–Kier alpha value is -0.330. The van der Waals surface area contributed by atoms with E-state index in [9.17, 15) is 0 Å². The molecule has 0 bridgehead atoms. The van der Waals surface area contributed by atoms with Crippen molar-refractivity contribution < 1.29 is 0 Å². The van der Waals surface area contributed by atoms with Gasteiger partial charge in [0, 0.05) is 10.2 Å². The van der Waals surface area contributed by atoms with Gasteiger partial charge in [-0.05, 0) is 18.6 Å². The second-order valence-corrected chi connectivity index (χ2v) is 3.66. The van der Waals surface area contributed by atoms with Crippen LogP contribution in [0.25, 0.3) is 0 Å². The summed E-state index contributed by atoms with van der Waals surface area (Å²) in [5.41, 5.74) is 1.21. The number of rotatable bonds is 1. The zero-order chi connectivity index (χ0) is 7.56. The molecule has 0 N–H and O–H groups in total. The van der Waals surface area contributed by atoms with Crippen LogP contribution in [0.4, 0.5) is 0 Å². The molecule has 3 heteroatoms. The van der Waals surface area contributed by atoms with E-state index in [0.29, 0.717) is 0 Å². The molecule has 1 rings (SSSR count). The van der Waals surface area contributed by atoms with Gasteiger partial charge in [0.2, 0.25) is 0 Å². The van der Waals surface area contributed by atoms with Gasteiger partial charge in [-0.15, -0.1) is 11.3 Å². The first kappa shape index (κ1) is 7.77. The van der Waals surface area contributed by atoms with Crippen LogP contribution in [0.2, 0.25) is 0 Å². The number of thiophene rings is 1. The van der Waals surface area contributed by atoms with Crippen molar-refractivity contribution in [3.05, 3.63) is 21.4 Å². The Kier molecular flexibility index (Phi) is 2.47. The normalized spacial score (nSPS) is 9.30. The van der Waals surface area contributed by atoms with E-state index in [-0.39, 0.29) is 0 Å². The molecule has 0 radical (unpaired) electrons. The summed E-state index contributed by atoms with van der Waals surface area (Å²) >= 11 is 4.90. The van der Waals surface area contributed by atoms with Gasteiger partial charge in [-0.1, -0.05) is 15.9 Å². The maximum absolute atomic E-state index is 8.52. The van der Waals surface area contributed by atoms with E-state index >= 15 is 0 Å². The van der Waals surface area contributed by atoms with Gasteiger partial charge in [0.25, 0.3) is 0 Å². The Labute approximate surface area is 72.4 Å². The lowest BCUT2D eigenvalue weighted by atomic mass is 10.3. The van der Waals surface area contributed by atoms with Gasteiger partial charge in [0.05, 0.1) is 0 Å². The Bertz CT molecular complexity index is 272. The molecule has 0 atom stereocenters. The van der Waals surface area contributed by atoms with Gasteiger partial charge in [0.15, 0.2) is 0 Å². The molecular weight excluding hydrogens is 210 g/mol. The first-order valence-corrected chi connectivity index (χ1v) is 4.77. The second kappa shape index (κ2) is 3.18. The van der Waals surface area contributed by atoms with Gasteiger partial charge in [-0.2, -0.15) is 5.26 Å². The molecule has 0 unspecified atom stereocenters. The smallest absolute Gasteiger partial charge is 0.110 e. The second-order valence-electron chi connectivity index (χ2n) is 1.96. The average molecular weight is 216 g/mol. The summed E-state index contributed by atoms with van der Waals surface area (Å²) in [4.78, 5) is 2.04. The Morgan fingerprint density at radius 2 is 2.50 bits per heavy atom. The number of hydrogen-bond donors (Lipinski definition) is 0. The van der Waals surface area contributed by atoms with Crippen molar-refractivity contribution in [3.8, 4) is 6.07 Å². The molecule has 0 fully saturated rings. The third kappa shape index (κ3) is 1.39. The highest BCUT2D eigenvalue weighted by atomic mass is 79.9. The molecule has 0 saturated carbocycles. The topological polar surface area (TPSA) is 23.8 Å². The summed E-state index contributed by atoms with van der Waals surface area (Å²) in [7, 11) is 0. The van der Waals surface area contributed by atoms with Crippen LogP contribution < -0.4 is 0 Å². The average Bonchev–Trinajstić information content (AvgIpc) is 2.30. The van der Waals surface area contributed by atoms with Crippen LogP contribution in [-0.4, -0.2) is 0 Å². The molecule has 52 valence electrons. The minimum absolute atomic E-state index is 0.798. The summed E-state index contributed by atoms with van der Waals surface area (Å²) in [6.07, 6.45) is 0. The minimum Gasteiger partial charge on any atom is -0.192 e. The molecule has 1 nitrogen and oxygen atoms in total. The molecule has 0 amide bonds. The molecule has 0 aliphatic rings. The standard InChI is InChI=1S/C7H6BrNS/c1-5-2-6(4-9)10-7(5)3-8/h2H,3H2,1H3. The van der Waals surface area contributed by atoms with Crippen molar-refractivity contribution in [2.24, 2.45) is 0 Å². The Morgan fingerprint density at radius 1 is 1.80 bits per heavy atom. The van der Waals surface area contributed by atoms with Crippen LogP contribution in [0.3, 0.4) is 0 Å². The zero-order valence-electron chi connectivity index (χ0n) is 5.52. The number of hydrogen-bond acceptors (Lipinski definition) is 2. The Morgan fingerprint density at radius 3 is 2.80 bits per heavy atom. The van der Waals surface area contributed by atoms with E-state index in [4.69, 9.17) is 5.26 Å². The van der Waals surface area contributed by atoms with Crippen LogP contribution in [-0.2, 0) is 5.33 Å². The van der Waals surface area contributed by atoms with Crippen LogP contribution in [0, 0.1) is 18.3 Å². The largest absolute Gasteiger partial charge is 0.192 e. The van der Waals surface area contributed by atoms with Crippen molar-refractivity contribution in [2.75, 3.05) is 0 Å². The highest BCUT2D eigenvalue weighted by Gasteiger charge is 2.01. The first-order chi connectivity index (χ1) is 4.77. The van der Waals surface area contributed by atoms with Crippen LogP contribution in [0.1, 0.15) is 15.3 Å².